The lowest BCUT2D eigenvalue weighted by atomic mass is 9.59. The summed E-state index contributed by atoms with van der Waals surface area (Å²) in [6, 6.07) is 7.47. The summed E-state index contributed by atoms with van der Waals surface area (Å²) in [4.78, 5) is 49.9. The Morgan fingerprint density at radius 3 is 2.39 bits per heavy atom. The Morgan fingerprint density at radius 1 is 1.05 bits per heavy atom. The first-order chi connectivity index (χ1) is 17.9. The number of aromatic hydroxyl groups is 1. The minimum Gasteiger partial charge on any atom is -0.508 e. The van der Waals surface area contributed by atoms with Crippen molar-refractivity contribution in [3.63, 3.8) is 0 Å². The second kappa shape index (κ2) is 8.70. The largest absolute Gasteiger partial charge is 0.508 e. The fraction of sp³-hybridized carbons (Fsp3) is 0.231. The predicted octanol–water partition coefficient (Wildman–Crippen LogP) is 2.17. The van der Waals surface area contributed by atoms with Crippen LogP contribution in [0.5, 0.6) is 11.5 Å². The van der Waals surface area contributed by atoms with Gasteiger partial charge in [0.2, 0.25) is 5.78 Å². The number of phenols is 1. The van der Waals surface area contributed by atoms with Crippen molar-refractivity contribution in [2.75, 3.05) is 5.32 Å². The summed E-state index contributed by atoms with van der Waals surface area (Å²) in [5.41, 5.74) is 1.39. The molecule has 0 spiro atoms. The van der Waals surface area contributed by atoms with E-state index < -0.39 is 76.1 Å². The van der Waals surface area contributed by atoms with Crippen LogP contribution in [0.15, 0.2) is 53.3 Å². The van der Waals surface area contributed by atoms with Gasteiger partial charge >= 0.3 is 6.09 Å². The number of benzene rings is 2. The lowest BCUT2D eigenvalue weighted by Crippen LogP contribution is -2.58. The maximum absolute atomic E-state index is 13.5. The third kappa shape index (κ3) is 3.68. The van der Waals surface area contributed by atoms with E-state index in [4.69, 9.17) is 10.5 Å². The molecule has 3 aliphatic carbocycles. The van der Waals surface area contributed by atoms with Gasteiger partial charge in [0.05, 0.1) is 11.3 Å². The number of anilines is 1. The summed E-state index contributed by atoms with van der Waals surface area (Å²) >= 11 is 0. The number of aliphatic hydroxyl groups excluding tert-OH is 2. The van der Waals surface area contributed by atoms with Gasteiger partial charge in [0.25, 0.3) is 5.91 Å². The monoisotopic (exact) mass is 524 g/mol. The average molecular weight is 524 g/mol. The number of carbonyl (C=O) groups is 4. The number of carbonyl (C=O) groups excluding carboxylic acids is 4. The summed E-state index contributed by atoms with van der Waals surface area (Å²) < 4.78 is 18.1. The van der Waals surface area contributed by atoms with E-state index in [9.17, 15) is 44.0 Å². The van der Waals surface area contributed by atoms with Crippen molar-refractivity contribution in [1.29, 1.82) is 0 Å². The van der Waals surface area contributed by atoms with E-state index >= 15 is 0 Å². The molecule has 11 nitrogen and oxygen atoms in total. The molecule has 2 aromatic rings. The van der Waals surface area contributed by atoms with Crippen molar-refractivity contribution in [3.05, 3.63) is 70.2 Å². The normalized spacial score (nSPS) is 24.4. The molecule has 0 aromatic heterocycles. The van der Waals surface area contributed by atoms with Crippen molar-refractivity contribution < 1.29 is 48.7 Å². The molecule has 7 N–H and O–H groups in total. The Labute approximate surface area is 213 Å². The molecule has 196 valence electrons. The number of aliphatic hydroxyl groups is 3. The van der Waals surface area contributed by atoms with E-state index in [0.29, 0.717) is 5.56 Å². The number of fused-ring (bicyclic) bond motifs is 3. The van der Waals surface area contributed by atoms with Crippen LogP contribution in [0.2, 0.25) is 0 Å². The van der Waals surface area contributed by atoms with E-state index in [0.717, 1.165) is 12.1 Å². The molecular weight excluding hydrogens is 503 g/mol. The molecule has 0 saturated heterocycles. The first-order valence-corrected chi connectivity index (χ1v) is 11.5. The summed E-state index contributed by atoms with van der Waals surface area (Å²) in [7, 11) is 0. The summed E-state index contributed by atoms with van der Waals surface area (Å²) in [5.74, 6) is -7.92. The van der Waals surface area contributed by atoms with Gasteiger partial charge in [-0.05, 0) is 54.7 Å². The Morgan fingerprint density at radius 2 is 1.74 bits per heavy atom. The molecular formula is C26H21FN2O9. The van der Waals surface area contributed by atoms with Crippen molar-refractivity contribution in [3.8, 4) is 11.5 Å². The van der Waals surface area contributed by atoms with E-state index in [-0.39, 0.29) is 35.4 Å². The average Bonchev–Trinajstić information content (AvgIpc) is 2.84. The highest BCUT2D eigenvalue weighted by Gasteiger charge is 2.60. The Bertz CT molecular complexity index is 1490. The number of nitrogens with two attached hydrogens (primary N) is 1. The first kappa shape index (κ1) is 25.0. The summed E-state index contributed by atoms with van der Waals surface area (Å²) in [6.07, 6.45) is -1.30. The number of hydrogen-bond acceptors (Lipinski definition) is 9. The molecule has 0 radical (unpaired) electrons. The number of phenolic OH excluding ortho intramolecular Hbond substituents is 1. The zero-order chi connectivity index (χ0) is 27.5. The van der Waals surface area contributed by atoms with E-state index in [1.54, 1.807) is 0 Å². The van der Waals surface area contributed by atoms with Gasteiger partial charge in [-0.25, -0.2) is 9.18 Å². The lowest BCUT2D eigenvalue weighted by Gasteiger charge is -2.46. The van der Waals surface area contributed by atoms with Crippen molar-refractivity contribution >= 4 is 35.0 Å². The Balaban J connectivity index is 1.51. The Hall–Kier alpha value is -4.71. The van der Waals surface area contributed by atoms with Crippen LogP contribution in [0.1, 0.15) is 24.0 Å². The van der Waals surface area contributed by atoms with E-state index in [1.165, 1.54) is 24.3 Å². The first-order valence-electron chi connectivity index (χ1n) is 11.5. The number of halogens is 1. The zero-order valence-electron chi connectivity index (χ0n) is 19.5. The number of rotatable bonds is 3. The van der Waals surface area contributed by atoms with Crippen LogP contribution in [-0.4, -0.2) is 49.6 Å². The summed E-state index contributed by atoms with van der Waals surface area (Å²) in [6.45, 7) is 0. The van der Waals surface area contributed by atoms with Crippen molar-refractivity contribution in [2.24, 2.45) is 17.6 Å². The second-order valence-electron chi connectivity index (χ2n) is 9.37. The molecule has 0 bridgehead atoms. The standard InChI is InChI=1S/C26H21FN2O9/c27-13-2-4-14(5-3-13)38-25(36)29-15-6-1-10-7-11-8-12-9-16(30)19(24(28)35)23(34)26(12,37)22(33)18(11)21(32)17(10)20(15)31/h1-6,11-12,31-32,34,37H,7-9H2,(H2,28,35)(H,29,36)/t11-,12-,26-/m0/s1. The smallest absolute Gasteiger partial charge is 0.417 e. The number of primary amides is 1. The fourth-order valence-electron chi connectivity index (χ4n) is 5.44. The molecule has 0 unspecified atom stereocenters. The third-order valence-corrected chi connectivity index (χ3v) is 7.20. The van der Waals surface area contributed by atoms with Gasteiger partial charge in [-0.15, -0.1) is 0 Å². The zero-order valence-corrected chi connectivity index (χ0v) is 19.5. The second-order valence-corrected chi connectivity index (χ2v) is 9.37. The predicted molar refractivity (Wildman–Crippen MR) is 127 cm³/mol. The topological polar surface area (TPSA) is 196 Å². The van der Waals surface area contributed by atoms with Gasteiger partial charge in [-0.1, -0.05) is 6.07 Å². The van der Waals surface area contributed by atoms with Crippen LogP contribution in [0.3, 0.4) is 0 Å². The van der Waals surface area contributed by atoms with Gasteiger partial charge in [-0.3, -0.25) is 19.7 Å². The van der Waals surface area contributed by atoms with Crippen LogP contribution in [0.25, 0.3) is 5.76 Å². The van der Waals surface area contributed by atoms with Gasteiger partial charge in [0.1, 0.15) is 34.4 Å². The van der Waals surface area contributed by atoms with Gasteiger partial charge in [0, 0.05) is 17.9 Å². The van der Waals surface area contributed by atoms with Crippen molar-refractivity contribution in [2.45, 2.75) is 24.9 Å². The molecule has 3 atom stereocenters. The van der Waals surface area contributed by atoms with Gasteiger partial charge in [-0.2, -0.15) is 0 Å². The van der Waals surface area contributed by atoms with Crippen LogP contribution in [0, 0.1) is 17.7 Å². The highest BCUT2D eigenvalue weighted by atomic mass is 19.1. The molecule has 0 aliphatic heterocycles. The van der Waals surface area contributed by atoms with Crippen LogP contribution in [0.4, 0.5) is 14.9 Å². The quantitative estimate of drug-likeness (QED) is 0.257. The minimum absolute atomic E-state index is 0.00761. The number of Topliss-reactive ketones (excluding diaryl/α,β-unsaturated/α-hetero) is 2. The highest BCUT2D eigenvalue weighted by molar-refractivity contribution is 6.22. The number of ether oxygens (including phenoxy) is 1. The lowest BCUT2D eigenvalue weighted by molar-refractivity contribution is -0.147. The Kier molecular flexibility index (Phi) is 5.71. The molecule has 12 heteroatoms. The maximum atomic E-state index is 13.5. The molecule has 2 amide bonds. The number of nitrogens with one attached hydrogen (secondary N) is 1. The molecule has 0 heterocycles. The maximum Gasteiger partial charge on any atom is 0.417 e. The van der Waals surface area contributed by atoms with E-state index in [1.807, 2.05) is 0 Å². The van der Waals surface area contributed by atoms with Crippen LogP contribution >= 0.6 is 0 Å². The highest BCUT2D eigenvalue weighted by Crippen LogP contribution is 2.52. The molecule has 1 fully saturated rings. The minimum atomic E-state index is -2.67. The molecule has 5 rings (SSSR count). The fourth-order valence-corrected chi connectivity index (χ4v) is 5.44. The molecule has 2 aromatic carbocycles. The van der Waals surface area contributed by atoms with Crippen molar-refractivity contribution in [1.82, 2.24) is 0 Å². The van der Waals surface area contributed by atoms with E-state index in [2.05, 4.69) is 5.32 Å². The molecule has 38 heavy (non-hydrogen) atoms. The van der Waals surface area contributed by atoms with Crippen LogP contribution in [-0.2, 0) is 20.8 Å². The number of hydrogen-bond donors (Lipinski definition) is 6. The molecule has 3 aliphatic rings. The summed E-state index contributed by atoms with van der Waals surface area (Å²) in [5, 5.41) is 46.1. The number of ketones is 2. The van der Waals surface area contributed by atoms with Gasteiger partial charge < -0.3 is 30.9 Å². The molecule has 1 saturated carbocycles. The third-order valence-electron chi connectivity index (χ3n) is 7.20. The van der Waals surface area contributed by atoms with Crippen LogP contribution < -0.4 is 15.8 Å². The van der Waals surface area contributed by atoms with Gasteiger partial charge in [0.15, 0.2) is 11.4 Å². The number of amides is 2. The SMILES string of the molecule is NC(=O)C1=C(O)[C@@]2(O)C(=O)C3=C(O)c4c(ccc(NC(=O)Oc5ccc(F)cc5)c4O)C[C@H]3C[C@H]2CC1=O.